The highest BCUT2D eigenvalue weighted by Gasteiger charge is 2.27. The molecule has 140 valence electrons. The Labute approximate surface area is 163 Å². The third-order valence-electron chi connectivity index (χ3n) is 5.24. The maximum Gasteiger partial charge on any atom is 0.253 e. The minimum absolute atomic E-state index is 0.0263. The van der Waals surface area contributed by atoms with Crippen molar-refractivity contribution in [3.63, 3.8) is 0 Å². The predicted molar refractivity (Wildman–Crippen MR) is 104 cm³/mol. The van der Waals surface area contributed by atoms with Crippen LogP contribution < -0.4 is 5.32 Å². The number of aromatic nitrogens is 1. The number of hydrogen-bond acceptors (Lipinski definition) is 3. The molecule has 1 aromatic carbocycles. The van der Waals surface area contributed by atoms with Gasteiger partial charge < -0.3 is 10.2 Å². The van der Waals surface area contributed by atoms with Gasteiger partial charge in [-0.05, 0) is 56.0 Å². The lowest BCUT2D eigenvalue weighted by Gasteiger charge is -2.32. The van der Waals surface area contributed by atoms with Crippen molar-refractivity contribution in [3.05, 3.63) is 64.4 Å². The van der Waals surface area contributed by atoms with Crippen molar-refractivity contribution in [1.29, 1.82) is 0 Å². The molecule has 0 atom stereocenters. The van der Waals surface area contributed by atoms with Gasteiger partial charge in [0, 0.05) is 42.4 Å². The Kier molecular flexibility index (Phi) is 5.12. The largest absolute Gasteiger partial charge is 0.349 e. The summed E-state index contributed by atoms with van der Waals surface area (Å²) in [4.78, 5) is 31.4. The number of pyridine rings is 1. The average molecular weight is 384 g/mol. The molecule has 2 heterocycles. The fourth-order valence-corrected chi connectivity index (χ4v) is 3.80. The lowest BCUT2D eigenvalue weighted by molar-refractivity contribution is 0.0712. The number of likely N-dealkylation sites (tertiary alicyclic amines) is 1. The molecule has 2 aromatic rings. The van der Waals surface area contributed by atoms with Crippen molar-refractivity contribution in [2.45, 2.75) is 37.6 Å². The maximum absolute atomic E-state index is 12.9. The lowest BCUT2D eigenvalue weighted by atomic mass is 9.92. The van der Waals surface area contributed by atoms with Crippen LogP contribution in [0.5, 0.6) is 0 Å². The molecule has 1 saturated heterocycles. The van der Waals surface area contributed by atoms with Crippen molar-refractivity contribution >= 4 is 23.4 Å². The van der Waals surface area contributed by atoms with Crippen molar-refractivity contribution in [2.24, 2.45) is 0 Å². The SMILES string of the molecule is O=C(NC1CC1)c1cccc(C(=O)N2CCC(c3ncccc3Cl)CC2)c1. The van der Waals surface area contributed by atoms with Gasteiger partial charge in [0.1, 0.15) is 0 Å². The fraction of sp³-hybridized carbons (Fsp3) is 0.381. The molecule has 1 N–H and O–H groups in total. The van der Waals surface area contributed by atoms with Crippen LogP contribution in [0.1, 0.15) is 58.0 Å². The average Bonchev–Trinajstić information content (AvgIpc) is 3.52. The van der Waals surface area contributed by atoms with E-state index in [0.29, 0.717) is 35.3 Å². The maximum atomic E-state index is 12.9. The minimum atomic E-state index is -0.101. The van der Waals surface area contributed by atoms with Crippen LogP contribution in [-0.4, -0.2) is 40.8 Å². The summed E-state index contributed by atoms with van der Waals surface area (Å²) >= 11 is 6.26. The van der Waals surface area contributed by atoms with E-state index in [1.165, 1.54) is 0 Å². The molecule has 2 aliphatic rings. The highest BCUT2D eigenvalue weighted by atomic mass is 35.5. The Hall–Kier alpha value is -2.40. The molecule has 0 radical (unpaired) electrons. The number of benzene rings is 1. The van der Waals surface area contributed by atoms with E-state index in [2.05, 4.69) is 10.3 Å². The van der Waals surface area contributed by atoms with Crippen molar-refractivity contribution in [3.8, 4) is 0 Å². The van der Waals surface area contributed by atoms with Crippen LogP contribution in [0.25, 0.3) is 0 Å². The predicted octanol–water partition coefficient (Wildman–Crippen LogP) is 3.65. The first kappa shape index (κ1) is 18.0. The molecule has 0 bridgehead atoms. The normalized spacial score (nSPS) is 17.6. The molecular formula is C21H22ClN3O2. The standard InChI is InChI=1S/C21H22ClN3O2/c22-18-5-2-10-23-19(18)14-8-11-25(12-9-14)21(27)16-4-1-3-15(13-16)20(26)24-17-6-7-17/h1-5,10,13-14,17H,6-9,11-12H2,(H,24,26). The summed E-state index contributed by atoms with van der Waals surface area (Å²) in [6.45, 7) is 1.32. The second kappa shape index (κ2) is 7.69. The zero-order valence-electron chi connectivity index (χ0n) is 15.0. The first-order chi connectivity index (χ1) is 13.1. The highest BCUT2D eigenvalue weighted by Crippen LogP contribution is 2.31. The van der Waals surface area contributed by atoms with E-state index >= 15 is 0 Å². The highest BCUT2D eigenvalue weighted by molar-refractivity contribution is 6.31. The molecule has 4 rings (SSSR count). The van der Waals surface area contributed by atoms with E-state index in [4.69, 9.17) is 11.6 Å². The summed E-state index contributed by atoms with van der Waals surface area (Å²) < 4.78 is 0. The number of amides is 2. The number of hydrogen-bond donors (Lipinski definition) is 1. The molecule has 6 heteroatoms. The number of nitrogens with one attached hydrogen (secondary N) is 1. The number of carbonyl (C=O) groups excluding carboxylic acids is 2. The van der Waals surface area contributed by atoms with E-state index in [9.17, 15) is 9.59 Å². The Bertz CT molecular complexity index is 858. The summed E-state index contributed by atoms with van der Waals surface area (Å²) in [6, 6.07) is 11.0. The van der Waals surface area contributed by atoms with Gasteiger partial charge in [0.05, 0.1) is 10.7 Å². The van der Waals surface area contributed by atoms with Crippen LogP contribution in [-0.2, 0) is 0 Å². The van der Waals surface area contributed by atoms with Crippen LogP contribution in [0, 0.1) is 0 Å². The number of halogens is 1. The number of carbonyl (C=O) groups is 2. The number of piperidine rings is 1. The molecule has 0 unspecified atom stereocenters. The van der Waals surface area contributed by atoms with E-state index in [1.807, 2.05) is 17.0 Å². The van der Waals surface area contributed by atoms with Gasteiger partial charge in [-0.2, -0.15) is 0 Å². The van der Waals surface area contributed by atoms with Crippen LogP contribution in [0.3, 0.4) is 0 Å². The Morgan fingerprint density at radius 2 is 1.78 bits per heavy atom. The summed E-state index contributed by atoms with van der Waals surface area (Å²) in [5, 5.41) is 3.65. The fourth-order valence-electron chi connectivity index (χ4n) is 3.53. The van der Waals surface area contributed by atoms with Gasteiger partial charge in [0.25, 0.3) is 11.8 Å². The molecule has 1 aliphatic carbocycles. The van der Waals surface area contributed by atoms with E-state index in [1.54, 1.807) is 30.5 Å². The topological polar surface area (TPSA) is 62.3 Å². The Morgan fingerprint density at radius 3 is 2.48 bits per heavy atom. The monoisotopic (exact) mass is 383 g/mol. The molecule has 1 saturated carbocycles. The Balaban J connectivity index is 1.40. The van der Waals surface area contributed by atoms with Gasteiger partial charge in [0.2, 0.25) is 0 Å². The molecule has 27 heavy (non-hydrogen) atoms. The van der Waals surface area contributed by atoms with Gasteiger partial charge in [0.15, 0.2) is 0 Å². The van der Waals surface area contributed by atoms with Gasteiger partial charge in [-0.1, -0.05) is 17.7 Å². The second-order valence-electron chi connectivity index (χ2n) is 7.27. The van der Waals surface area contributed by atoms with Gasteiger partial charge >= 0.3 is 0 Å². The third kappa shape index (κ3) is 4.14. The number of nitrogens with zero attached hydrogens (tertiary/aromatic N) is 2. The summed E-state index contributed by atoms with van der Waals surface area (Å²) in [7, 11) is 0. The quantitative estimate of drug-likeness (QED) is 0.876. The van der Waals surface area contributed by atoms with Crippen molar-refractivity contribution in [2.75, 3.05) is 13.1 Å². The molecule has 0 spiro atoms. The molecule has 2 amide bonds. The zero-order chi connectivity index (χ0) is 18.8. The zero-order valence-corrected chi connectivity index (χ0v) is 15.8. The summed E-state index contributed by atoms with van der Waals surface area (Å²) in [5.41, 5.74) is 2.03. The van der Waals surface area contributed by atoms with E-state index in [0.717, 1.165) is 31.4 Å². The molecule has 5 nitrogen and oxygen atoms in total. The van der Waals surface area contributed by atoms with E-state index in [-0.39, 0.29) is 17.7 Å². The van der Waals surface area contributed by atoms with Crippen LogP contribution >= 0.6 is 11.6 Å². The lowest BCUT2D eigenvalue weighted by Crippen LogP contribution is -2.38. The first-order valence-electron chi connectivity index (χ1n) is 9.42. The van der Waals surface area contributed by atoms with Gasteiger partial charge in [-0.3, -0.25) is 14.6 Å². The van der Waals surface area contributed by atoms with E-state index < -0.39 is 0 Å². The minimum Gasteiger partial charge on any atom is -0.349 e. The molecule has 1 aromatic heterocycles. The van der Waals surface area contributed by atoms with Crippen molar-refractivity contribution < 1.29 is 9.59 Å². The summed E-state index contributed by atoms with van der Waals surface area (Å²) in [5.74, 6) is 0.149. The Morgan fingerprint density at radius 1 is 1.04 bits per heavy atom. The molecule has 2 fully saturated rings. The number of rotatable bonds is 4. The van der Waals surface area contributed by atoms with Crippen LogP contribution in [0.2, 0.25) is 5.02 Å². The smallest absolute Gasteiger partial charge is 0.253 e. The first-order valence-corrected chi connectivity index (χ1v) is 9.80. The van der Waals surface area contributed by atoms with Crippen molar-refractivity contribution in [1.82, 2.24) is 15.2 Å². The van der Waals surface area contributed by atoms with Crippen LogP contribution in [0.4, 0.5) is 0 Å². The second-order valence-corrected chi connectivity index (χ2v) is 7.67. The van der Waals surface area contributed by atoms with Gasteiger partial charge in [-0.15, -0.1) is 0 Å². The van der Waals surface area contributed by atoms with Crippen LogP contribution in [0.15, 0.2) is 42.6 Å². The molecular weight excluding hydrogens is 362 g/mol. The summed E-state index contributed by atoms with van der Waals surface area (Å²) in [6.07, 6.45) is 5.52. The third-order valence-corrected chi connectivity index (χ3v) is 5.56. The molecule has 1 aliphatic heterocycles. The van der Waals surface area contributed by atoms with Gasteiger partial charge in [-0.25, -0.2) is 0 Å².